The molecule has 42 valence electrons. The summed E-state index contributed by atoms with van der Waals surface area (Å²) in [6.45, 7) is 3.40. The van der Waals surface area contributed by atoms with Crippen LogP contribution in [0.3, 0.4) is 0 Å². The molecule has 0 aromatic heterocycles. The van der Waals surface area contributed by atoms with Crippen LogP contribution in [-0.2, 0) is 8.92 Å². The number of rotatable bonds is 2. The van der Waals surface area contributed by atoms with Gasteiger partial charge in [0.15, 0.2) is 0 Å². The largest absolute Gasteiger partial charge is 0.367 e. The molecule has 0 aliphatic carbocycles. The van der Waals surface area contributed by atoms with Crippen LogP contribution in [0.4, 0.5) is 0 Å². The smallest absolute Gasteiger partial charge is 0.113 e. The van der Waals surface area contributed by atoms with E-state index >= 15 is 0 Å². The minimum absolute atomic E-state index is 0.00174. The van der Waals surface area contributed by atoms with Crippen LogP contribution in [0, 0.1) is 0 Å². The van der Waals surface area contributed by atoms with Crippen LogP contribution in [0.5, 0.6) is 0 Å². The predicted octanol–water partition coefficient (Wildman–Crippen LogP) is 0.637. The first-order chi connectivity index (χ1) is 3.27. The molecular weight excluding hydrogens is 112 g/mol. The molecule has 1 aliphatic rings. The van der Waals surface area contributed by atoms with Gasteiger partial charge in [-0.1, -0.05) is 0 Å². The molecule has 1 unspecified atom stereocenters. The highest BCUT2D eigenvalue weighted by Gasteiger charge is 2.39. The van der Waals surface area contributed by atoms with E-state index in [1.807, 2.05) is 6.92 Å². The highest BCUT2D eigenvalue weighted by atomic mass is 32.1. The molecule has 1 fully saturated rings. The minimum atomic E-state index is 0.00174. The van der Waals surface area contributed by atoms with Gasteiger partial charge in [0.2, 0.25) is 0 Å². The Balaban J connectivity index is 2.13. The summed E-state index contributed by atoms with van der Waals surface area (Å²) in [7, 11) is 0. The molecule has 0 radical (unpaired) electrons. The molecule has 1 saturated heterocycles. The van der Waals surface area contributed by atoms with E-state index in [1.54, 1.807) is 0 Å². The first kappa shape index (κ1) is 5.41. The first-order valence-corrected chi connectivity index (χ1v) is 2.54. The molecule has 0 aromatic rings. The lowest BCUT2D eigenvalue weighted by Crippen LogP contribution is -2.10. The van der Waals surface area contributed by atoms with Crippen molar-refractivity contribution in [1.82, 2.24) is 0 Å². The van der Waals surface area contributed by atoms with E-state index in [0.29, 0.717) is 6.61 Å². The van der Waals surface area contributed by atoms with Gasteiger partial charge in [-0.25, -0.2) is 0 Å². The molecular formula is C4H8O2S. The maximum absolute atomic E-state index is 4.96. The Morgan fingerprint density at radius 2 is 2.57 bits per heavy atom. The molecule has 0 saturated carbocycles. The van der Waals surface area contributed by atoms with Gasteiger partial charge < -0.3 is 8.92 Å². The van der Waals surface area contributed by atoms with Crippen molar-refractivity contribution in [3.63, 3.8) is 0 Å². The second-order valence-corrected chi connectivity index (χ2v) is 2.27. The van der Waals surface area contributed by atoms with Crippen LogP contribution in [0.1, 0.15) is 6.92 Å². The zero-order valence-electron chi connectivity index (χ0n) is 4.18. The molecule has 0 amide bonds. The van der Waals surface area contributed by atoms with Crippen molar-refractivity contribution in [3.8, 4) is 0 Å². The Morgan fingerprint density at radius 3 is 2.71 bits per heavy atom. The second kappa shape index (κ2) is 1.65. The van der Waals surface area contributed by atoms with Gasteiger partial charge in [-0.05, 0) is 19.8 Å². The third kappa shape index (κ3) is 1.33. The Morgan fingerprint density at radius 1 is 2.00 bits per heavy atom. The third-order valence-electron chi connectivity index (χ3n) is 1.01. The minimum Gasteiger partial charge on any atom is -0.367 e. The summed E-state index contributed by atoms with van der Waals surface area (Å²) in [5, 5.41) is 0. The van der Waals surface area contributed by atoms with Gasteiger partial charge in [0, 0.05) is 0 Å². The standard InChI is InChI=1S/C4H8O2S/c1-4(2-5-4)3-6-7/h7H,2-3H2,1H3. The molecule has 0 spiro atoms. The Hall–Kier alpha value is 0.270. The maximum Gasteiger partial charge on any atom is 0.113 e. The van der Waals surface area contributed by atoms with E-state index < -0.39 is 0 Å². The Labute approximate surface area is 48.4 Å². The van der Waals surface area contributed by atoms with E-state index in [4.69, 9.17) is 4.74 Å². The van der Waals surface area contributed by atoms with Gasteiger partial charge >= 0.3 is 0 Å². The molecule has 1 aliphatic heterocycles. The molecule has 0 N–H and O–H groups in total. The summed E-state index contributed by atoms with van der Waals surface area (Å²) in [6.07, 6.45) is 0. The van der Waals surface area contributed by atoms with E-state index in [0.717, 1.165) is 6.61 Å². The SMILES string of the molecule is CC1(COS)CO1. The predicted molar refractivity (Wildman–Crippen MR) is 29.3 cm³/mol. The molecule has 7 heavy (non-hydrogen) atoms. The van der Waals surface area contributed by atoms with Crippen LogP contribution in [0.15, 0.2) is 0 Å². The molecule has 1 heterocycles. The average Bonchev–Trinajstić information content (AvgIpc) is 2.22. The van der Waals surface area contributed by atoms with Crippen LogP contribution in [-0.4, -0.2) is 18.8 Å². The fraction of sp³-hybridized carbons (Fsp3) is 1.00. The summed E-state index contributed by atoms with van der Waals surface area (Å²) >= 11 is 3.57. The molecule has 1 atom stereocenters. The van der Waals surface area contributed by atoms with Crippen molar-refractivity contribution < 1.29 is 8.92 Å². The van der Waals surface area contributed by atoms with Crippen LogP contribution >= 0.6 is 12.9 Å². The van der Waals surface area contributed by atoms with E-state index in [9.17, 15) is 0 Å². The number of hydrogen-bond donors (Lipinski definition) is 1. The van der Waals surface area contributed by atoms with Crippen molar-refractivity contribution in [3.05, 3.63) is 0 Å². The van der Waals surface area contributed by atoms with Crippen LogP contribution in [0.2, 0.25) is 0 Å². The topological polar surface area (TPSA) is 21.8 Å². The number of hydrogen-bond acceptors (Lipinski definition) is 3. The summed E-state index contributed by atoms with van der Waals surface area (Å²) in [4.78, 5) is 0. The van der Waals surface area contributed by atoms with Crippen molar-refractivity contribution in [2.45, 2.75) is 12.5 Å². The van der Waals surface area contributed by atoms with Gasteiger partial charge in [-0.2, -0.15) is 0 Å². The zero-order valence-corrected chi connectivity index (χ0v) is 5.07. The van der Waals surface area contributed by atoms with Crippen molar-refractivity contribution in [2.24, 2.45) is 0 Å². The van der Waals surface area contributed by atoms with Gasteiger partial charge in [0.1, 0.15) is 5.60 Å². The molecule has 3 heteroatoms. The van der Waals surface area contributed by atoms with Crippen molar-refractivity contribution in [1.29, 1.82) is 0 Å². The number of ether oxygens (including phenoxy) is 1. The highest BCUT2D eigenvalue weighted by molar-refractivity contribution is 7.75. The zero-order chi connectivity index (χ0) is 5.33. The monoisotopic (exact) mass is 120 g/mol. The van der Waals surface area contributed by atoms with Gasteiger partial charge in [-0.3, -0.25) is 0 Å². The first-order valence-electron chi connectivity index (χ1n) is 2.17. The average molecular weight is 120 g/mol. The van der Waals surface area contributed by atoms with Crippen LogP contribution in [0.25, 0.3) is 0 Å². The van der Waals surface area contributed by atoms with Crippen LogP contribution < -0.4 is 0 Å². The van der Waals surface area contributed by atoms with Crippen molar-refractivity contribution >= 4 is 12.9 Å². The summed E-state index contributed by atoms with van der Waals surface area (Å²) in [6, 6.07) is 0. The van der Waals surface area contributed by atoms with Gasteiger partial charge in [-0.15, -0.1) is 0 Å². The lowest BCUT2D eigenvalue weighted by atomic mass is 10.2. The fourth-order valence-electron chi connectivity index (χ4n) is 0.343. The quantitative estimate of drug-likeness (QED) is 0.328. The van der Waals surface area contributed by atoms with Gasteiger partial charge in [0.25, 0.3) is 0 Å². The van der Waals surface area contributed by atoms with Gasteiger partial charge in [0.05, 0.1) is 13.2 Å². The van der Waals surface area contributed by atoms with E-state index in [1.165, 1.54) is 0 Å². The highest BCUT2D eigenvalue weighted by Crippen LogP contribution is 2.25. The fourth-order valence-corrected chi connectivity index (χ4v) is 0.616. The summed E-state index contributed by atoms with van der Waals surface area (Å²) in [5.41, 5.74) is 0.00174. The second-order valence-electron chi connectivity index (χ2n) is 2.01. The van der Waals surface area contributed by atoms with Crippen molar-refractivity contribution in [2.75, 3.05) is 13.2 Å². The lowest BCUT2D eigenvalue weighted by molar-refractivity contribution is 0.228. The normalized spacial score (nSPS) is 38.6. The van der Waals surface area contributed by atoms with E-state index in [2.05, 4.69) is 17.1 Å². The van der Waals surface area contributed by atoms with E-state index in [-0.39, 0.29) is 5.60 Å². The lowest BCUT2D eigenvalue weighted by Gasteiger charge is -1.97. The molecule has 1 rings (SSSR count). The molecule has 0 bridgehead atoms. The number of epoxide rings is 1. The summed E-state index contributed by atoms with van der Waals surface area (Å²) < 4.78 is 9.50. The summed E-state index contributed by atoms with van der Waals surface area (Å²) in [5.74, 6) is 0. The number of thiol groups is 1. The molecule has 2 nitrogen and oxygen atoms in total. The molecule has 0 aromatic carbocycles. The Kier molecular flexibility index (Phi) is 1.28. The third-order valence-corrected chi connectivity index (χ3v) is 1.14. The maximum atomic E-state index is 4.96. The Bertz CT molecular complexity index is 70.1.